The summed E-state index contributed by atoms with van der Waals surface area (Å²) in [6.45, 7) is 2.08. The SMILES string of the molecule is COc1cc(/C=C2\SC(=O)N(CCOc3ccc(C)cc3)C2=O)ccc1OCC(=O)Nc1ccc(Cl)cc1. The first-order chi connectivity index (χ1) is 18.3. The maximum atomic E-state index is 12.8. The van der Waals surface area contributed by atoms with Crippen LogP contribution in [0.4, 0.5) is 10.5 Å². The van der Waals surface area contributed by atoms with E-state index in [1.807, 2.05) is 31.2 Å². The third kappa shape index (κ3) is 7.08. The van der Waals surface area contributed by atoms with Gasteiger partial charge in [-0.25, -0.2) is 0 Å². The van der Waals surface area contributed by atoms with Crippen LogP contribution in [0, 0.1) is 6.92 Å². The minimum absolute atomic E-state index is 0.143. The van der Waals surface area contributed by atoms with E-state index in [4.69, 9.17) is 25.8 Å². The average Bonchev–Trinajstić information content (AvgIpc) is 3.17. The molecule has 0 unspecified atom stereocenters. The zero-order chi connectivity index (χ0) is 27.1. The highest BCUT2D eigenvalue weighted by Gasteiger charge is 2.34. The molecule has 0 bridgehead atoms. The zero-order valence-electron chi connectivity index (χ0n) is 20.7. The lowest BCUT2D eigenvalue weighted by Crippen LogP contribution is -2.32. The van der Waals surface area contributed by atoms with Gasteiger partial charge in [0.25, 0.3) is 17.1 Å². The van der Waals surface area contributed by atoms with Crippen LogP contribution >= 0.6 is 23.4 Å². The first kappa shape index (κ1) is 27.1. The molecule has 196 valence electrons. The van der Waals surface area contributed by atoms with E-state index in [0.29, 0.717) is 38.4 Å². The maximum Gasteiger partial charge on any atom is 0.293 e. The summed E-state index contributed by atoms with van der Waals surface area (Å²) in [6.07, 6.45) is 1.62. The van der Waals surface area contributed by atoms with Crippen molar-refractivity contribution in [3.05, 3.63) is 87.8 Å². The Labute approximate surface area is 229 Å². The normalized spacial score (nSPS) is 14.1. The van der Waals surface area contributed by atoms with Gasteiger partial charge in [0.05, 0.1) is 18.6 Å². The van der Waals surface area contributed by atoms with Gasteiger partial charge in [-0.05, 0) is 78.9 Å². The highest BCUT2D eigenvalue weighted by atomic mass is 35.5. The lowest BCUT2D eigenvalue weighted by atomic mass is 10.2. The Kier molecular flexibility index (Phi) is 8.93. The molecule has 10 heteroatoms. The molecule has 3 amide bonds. The fourth-order valence-electron chi connectivity index (χ4n) is 3.50. The van der Waals surface area contributed by atoms with Crippen LogP contribution in [0.1, 0.15) is 11.1 Å². The van der Waals surface area contributed by atoms with Crippen molar-refractivity contribution >= 4 is 52.2 Å². The van der Waals surface area contributed by atoms with E-state index in [1.165, 1.54) is 12.0 Å². The standard InChI is InChI=1S/C28H25ClN2O6S/c1-18-3-10-22(11-4-18)36-14-13-31-27(33)25(38-28(31)34)16-19-5-12-23(24(15-19)35-2)37-17-26(32)30-21-8-6-20(29)7-9-21/h3-12,15-16H,13-14,17H2,1-2H3,(H,30,32)/b25-16-. The van der Waals surface area contributed by atoms with Gasteiger partial charge in [-0.3, -0.25) is 19.3 Å². The van der Waals surface area contributed by atoms with Crippen molar-refractivity contribution in [2.75, 3.05) is 32.2 Å². The van der Waals surface area contributed by atoms with Crippen molar-refractivity contribution in [2.45, 2.75) is 6.92 Å². The first-order valence-corrected chi connectivity index (χ1v) is 12.8. The second-order valence-corrected chi connectivity index (χ2v) is 9.68. The lowest BCUT2D eigenvalue weighted by Gasteiger charge is -2.13. The summed E-state index contributed by atoms with van der Waals surface area (Å²) in [7, 11) is 1.47. The number of halogens is 1. The summed E-state index contributed by atoms with van der Waals surface area (Å²) in [5.74, 6) is 0.681. The molecule has 0 saturated carbocycles. The molecule has 8 nitrogen and oxygen atoms in total. The number of rotatable bonds is 10. The van der Waals surface area contributed by atoms with Crippen LogP contribution in [0.15, 0.2) is 71.6 Å². The molecule has 0 radical (unpaired) electrons. The second-order valence-electron chi connectivity index (χ2n) is 8.25. The van der Waals surface area contributed by atoms with Crippen molar-refractivity contribution in [1.82, 2.24) is 4.90 Å². The van der Waals surface area contributed by atoms with Gasteiger partial charge in [0.15, 0.2) is 18.1 Å². The van der Waals surface area contributed by atoms with Gasteiger partial charge < -0.3 is 19.5 Å². The molecular weight excluding hydrogens is 528 g/mol. The van der Waals surface area contributed by atoms with Crippen LogP contribution in [0.3, 0.4) is 0 Å². The second kappa shape index (κ2) is 12.5. The minimum atomic E-state index is -0.384. The molecule has 1 N–H and O–H groups in total. The number of thioether (sulfide) groups is 1. The van der Waals surface area contributed by atoms with E-state index in [9.17, 15) is 14.4 Å². The van der Waals surface area contributed by atoms with Crippen LogP contribution in [-0.2, 0) is 9.59 Å². The molecule has 0 atom stereocenters. The predicted octanol–water partition coefficient (Wildman–Crippen LogP) is 5.79. The largest absolute Gasteiger partial charge is 0.493 e. The van der Waals surface area contributed by atoms with Crippen LogP contribution in [-0.4, -0.2) is 48.8 Å². The van der Waals surface area contributed by atoms with E-state index in [-0.39, 0.29) is 36.8 Å². The predicted molar refractivity (Wildman–Crippen MR) is 148 cm³/mol. The average molecular weight is 553 g/mol. The third-order valence-electron chi connectivity index (χ3n) is 5.45. The summed E-state index contributed by atoms with van der Waals surface area (Å²) in [5, 5.41) is 2.93. The van der Waals surface area contributed by atoms with Gasteiger partial charge in [0.2, 0.25) is 0 Å². The number of hydrogen-bond acceptors (Lipinski definition) is 7. The molecular formula is C28H25ClN2O6S. The number of nitrogens with one attached hydrogen (secondary N) is 1. The molecule has 38 heavy (non-hydrogen) atoms. The van der Waals surface area contributed by atoms with Gasteiger partial charge in [-0.1, -0.05) is 35.4 Å². The Hall–Kier alpha value is -3.95. The Balaban J connectivity index is 1.34. The molecule has 4 rings (SSSR count). The lowest BCUT2D eigenvalue weighted by molar-refractivity contribution is -0.123. The number of benzene rings is 3. The van der Waals surface area contributed by atoms with Gasteiger partial charge >= 0.3 is 0 Å². The number of carbonyl (C=O) groups excluding carboxylic acids is 3. The number of methoxy groups -OCH3 is 1. The zero-order valence-corrected chi connectivity index (χ0v) is 22.3. The Morgan fingerprint density at radius 3 is 2.45 bits per heavy atom. The Bertz CT molecular complexity index is 1360. The number of ether oxygens (including phenoxy) is 3. The maximum absolute atomic E-state index is 12.8. The molecule has 1 aliphatic heterocycles. The fourth-order valence-corrected chi connectivity index (χ4v) is 4.49. The number of nitrogens with zero attached hydrogens (tertiary/aromatic N) is 1. The topological polar surface area (TPSA) is 94.2 Å². The number of hydrogen-bond donors (Lipinski definition) is 1. The molecule has 0 aliphatic carbocycles. The summed E-state index contributed by atoms with van der Waals surface area (Å²) < 4.78 is 16.7. The number of aryl methyl sites for hydroxylation is 1. The number of carbonyl (C=O) groups is 3. The van der Waals surface area contributed by atoms with Crippen LogP contribution in [0.25, 0.3) is 6.08 Å². The number of anilines is 1. The smallest absolute Gasteiger partial charge is 0.293 e. The summed E-state index contributed by atoms with van der Waals surface area (Å²) >= 11 is 6.73. The minimum Gasteiger partial charge on any atom is -0.493 e. The molecule has 0 spiro atoms. The molecule has 1 aliphatic rings. The summed E-state index contributed by atoms with van der Waals surface area (Å²) in [5.41, 5.74) is 2.35. The van der Waals surface area contributed by atoms with Gasteiger partial charge in [-0.2, -0.15) is 0 Å². The third-order valence-corrected chi connectivity index (χ3v) is 6.61. The van der Waals surface area contributed by atoms with Gasteiger partial charge in [-0.15, -0.1) is 0 Å². The summed E-state index contributed by atoms with van der Waals surface area (Å²) in [6, 6.07) is 19.3. The molecule has 3 aromatic carbocycles. The van der Waals surface area contributed by atoms with E-state index in [0.717, 1.165) is 17.3 Å². The number of amides is 3. The Morgan fingerprint density at radius 2 is 1.74 bits per heavy atom. The monoisotopic (exact) mass is 552 g/mol. The molecule has 0 aromatic heterocycles. The Morgan fingerprint density at radius 1 is 1.00 bits per heavy atom. The van der Waals surface area contributed by atoms with Crippen molar-refractivity contribution in [3.63, 3.8) is 0 Å². The highest BCUT2D eigenvalue weighted by Crippen LogP contribution is 2.34. The van der Waals surface area contributed by atoms with Gasteiger partial charge in [0.1, 0.15) is 12.4 Å². The fraction of sp³-hybridized carbons (Fsp3) is 0.179. The molecule has 1 heterocycles. The van der Waals surface area contributed by atoms with Crippen LogP contribution < -0.4 is 19.5 Å². The van der Waals surface area contributed by atoms with E-state index in [1.54, 1.807) is 48.5 Å². The van der Waals surface area contributed by atoms with Crippen molar-refractivity contribution < 1.29 is 28.6 Å². The van der Waals surface area contributed by atoms with E-state index in [2.05, 4.69) is 5.32 Å². The van der Waals surface area contributed by atoms with Crippen molar-refractivity contribution in [3.8, 4) is 17.2 Å². The summed E-state index contributed by atoms with van der Waals surface area (Å²) in [4.78, 5) is 38.9. The van der Waals surface area contributed by atoms with Crippen LogP contribution in [0.5, 0.6) is 17.2 Å². The van der Waals surface area contributed by atoms with Gasteiger partial charge in [0, 0.05) is 10.7 Å². The molecule has 1 fully saturated rings. The highest BCUT2D eigenvalue weighted by molar-refractivity contribution is 8.18. The van der Waals surface area contributed by atoms with Crippen LogP contribution in [0.2, 0.25) is 5.02 Å². The van der Waals surface area contributed by atoms with Crippen molar-refractivity contribution in [1.29, 1.82) is 0 Å². The van der Waals surface area contributed by atoms with E-state index < -0.39 is 0 Å². The number of imide groups is 1. The molecule has 3 aromatic rings. The van der Waals surface area contributed by atoms with Crippen molar-refractivity contribution in [2.24, 2.45) is 0 Å². The van der Waals surface area contributed by atoms with E-state index >= 15 is 0 Å². The first-order valence-electron chi connectivity index (χ1n) is 11.6. The molecule has 1 saturated heterocycles. The quantitative estimate of drug-likeness (QED) is 0.318.